The number of ether oxygens (including phenoxy) is 1. The van der Waals surface area contributed by atoms with E-state index in [-0.39, 0.29) is 6.04 Å². The van der Waals surface area contributed by atoms with Crippen molar-refractivity contribution in [3.05, 3.63) is 0 Å². The molecule has 2 saturated heterocycles. The van der Waals surface area contributed by atoms with Crippen molar-refractivity contribution in [1.29, 1.82) is 0 Å². The maximum Gasteiger partial charge on any atom is 0.407 e. The number of rotatable bonds is 4. The molecule has 2 atom stereocenters. The number of hydrogen-bond acceptors (Lipinski definition) is 4. The lowest BCUT2D eigenvalue weighted by atomic mass is 10.0. The molecule has 2 heterocycles. The second-order valence-corrected chi connectivity index (χ2v) is 8.10. The molecule has 0 bridgehead atoms. The largest absolute Gasteiger partial charge is 0.450 e. The quantitative estimate of drug-likeness (QED) is 0.838. The summed E-state index contributed by atoms with van der Waals surface area (Å²) in [7, 11) is -3.42. The normalized spacial score (nSPS) is 28.3. The third-order valence-corrected chi connectivity index (χ3v) is 6.22. The molecule has 2 unspecified atom stereocenters. The van der Waals surface area contributed by atoms with Gasteiger partial charge in [0.25, 0.3) is 10.2 Å². The van der Waals surface area contributed by atoms with Crippen LogP contribution in [0.4, 0.5) is 4.79 Å². The third kappa shape index (κ3) is 4.33. The maximum absolute atomic E-state index is 12.8. The topological polar surface area (TPSA) is 79.0 Å². The van der Waals surface area contributed by atoms with E-state index < -0.39 is 16.3 Å². The van der Waals surface area contributed by atoms with Crippen molar-refractivity contribution in [3.8, 4) is 0 Å². The van der Waals surface area contributed by atoms with Gasteiger partial charge in [-0.1, -0.05) is 6.92 Å². The zero-order valence-electron chi connectivity index (χ0n) is 13.5. The Labute approximate surface area is 133 Å². The van der Waals surface area contributed by atoms with Crippen molar-refractivity contribution >= 4 is 16.3 Å². The minimum absolute atomic E-state index is 0.176. The highest BCUT2D eigenvalue weighted by Gasteiger charge is 2.35. The minimum atomic E-state index is -3.42. The van der Waals surface area contributed by atoms with Crippen LogP contribution in [0.15, 0.2) is 0 Å². The van der Waals surface area contributed by atoms with Crippen LogP contribution in [-0.4, -0.2) is 61.9 Å². The molecule has 0 aliphatic carbocycles. The lowest BCUT2D eigenvalue weighted by Gasteiger charge is -2.38. The van der Waals surface area contributed by atoms with Crippen LogP contribution in [0.1, 0.15) is 39.5 Å². The van der Waals surface area contributed by atoms with Crippen LogP contribution in [0.5, 0.6) is 0 Å². The molecule has 1 N–H and O–H groups in total. The van der Waals surface area contributed by atoms with Crippen LogP contribution >= 0.6 is 0 Å². The summed E-state index contributed by atoms with van der Waals surface area (Å²) in [5.41, 5.74) is 0. The van der Waals surface area contributed by atoms with Crippen molar-refractivity contribution in [2.75, 3.05) is 32.8 Å². The SMILES string of the molecule is CCOC(=O)NC1CCCN(S(=O)(=O)N2CCCC(C)C2)C1. The first-order chi connectivity index (χ1) is 10.4. The van der Waals surface area contributed by atoms with Gasteiger partial charge in [-0.3, -0.25) is 0 Å². The van der Waals surface area contributed by atoms with E-state index in [1.165, 1.54) is 4.31 Å². The van der Waals surface area contributed by atoms with Gasteiger partial charge in [0.05, 0.1) is 6.61 Å². The Kier molecular flexibility index (Phi) is 6.05. The number of carbonyl (C=O) groups is 1. The van der Waals surface area contributed by atoms with Crippen molar-refractivity contribution in [2.24, 2.45) is 5.92 Å². The second kappa shape index (κ2) is 7.61. The standard InChI is InChI=1S/C14H27N3O4S/c1-3-21-14(18)15-13-7-5-9-17(11-13)22(19,20)16-8-4-6-12(2)10-16/h12-13H,3-11H2,1-2H3,(H,15,18). The van der Waals surface area contributed by atoms with Crippen LogP contribution < -0.4 is 5.32 Å². The first-order valence-electron chi connectivity index (χ1n) is 8.12. The molecule has 2 aliphatic heterocycles. The highest BCUT2D eigenvalue weighted by Crippen LogP contribution is 2.23. The Hall–Kier alpha value is -0.860. The molecule has 0 radical (unpaired) electrons. The lowest BCUT2D eigenvalue weighted by Crippen LogP contribution is -2.54. The maximum atomic E-state index is 12.8. The Balaban J connectivity index is 1.97. The predicted molar refractivity (Wildman–Crippen MR) is 83.6 cm³/mol. The van der Waals surface area contributed by atoms with E-state index in [2.05, 4.69) is 12.2 Å². The van der Waals surface area contributed by atoms with E-state index in [1.807, 2.05) is 0 Å². The van der Waals surface area contributed by atoms with E-state index in [9.17, 15) is 13.2 Å². The zero-order valence-corrected chi connectivity index (χ0v) is 14.3. The summed E-state index contributed by atoms with van der Waals surface area (Å²) < 4.78 is 33.5. The van der Waals surface area contributed by atoms with Gasteiger partial charge >= 0.3 is 6.09 Å². The average Bonchev–Trinajstić information content (AvgIpc) is 2.47. The number of amides is 1. The Morgan fingerprint density at radius 2 is 1.82 bits per heavy atom. The molecule has 1 amide bonds. The molecule has 7 nitrogen and oxygen atoms in total. The van der Waals surface area contributed by atoms with Crippen molar-refractivity contribution in [3.63, 3.8) is 0 Å². The predicted octanol–water partition coefficient (Wildman–Crippen LogP) is 1.17. The number of alkyl carbamates (subject to hydrolysis) is 1. The van der Waals surface area contributed by atoms with E-state index in [0.29, 0.717) is 38.7 Å². The fourth-order valence-electron chi connectivity index (χ4n) is 3.13. The van der Waals surface area contributed by atoms with Crippen LogP contribution in [0.2, 0.25) is 0 Å². The van der Waals surface area contributed by atoms with Crippen LogP contribution in [0.3, 0.4) is 0 Å². The van der Waals surface area contributed by atoms with Gasteiger partial charge < -0.3 is 10.1 Å². The summed E-state index contributed by atoms with van der Waals surface area (Å²) in [5.74, 6) is 0.404. The van der Waals surface area contributed by atoms with Gasteiger partial charge in [0.15, 0.2) is 0 Å². The molecule has 0 spiro atoms. The summed E-state index contributed by atoms with van der Waals surface area (Å²) >= 11 is 0. The molecular weight excluding hydrogens is 306 g/mol. The molecule has 0 saturated carbocycles. The van der Waals surface area contributed by atoms with E-state index in [1.54, 1.807) is 11.2 Å². The number of piperidine rings is 2. The Morgan fingerprint density at radius 1 is 1.18 bits per heavy atom. The van der Waals surface area contributed by atoms with Crippen LogP contribution in [0, 0.1) is 5.92 Å². The second-order valence-electron chi connectivity index (χ2n) is 6.18. The van der Waals surface area contributed by atoms with Gasteiger partial charge in [-0.25, -0.2) is 4.79 Å². The monoisotopic (exact) mass is 333 g/mol. The summed E-state index contributed by atoms with van der Waals surface area (Å²) in [6, 6.07) is -0.176. The molecule has 2 rings (SSSR count). The average molecular weight is 333 g/mol. The molecule has 2 aliphatic rings. The number of nitrogens with one attached hydrogen (secondary N) is 1. The Morgan fingerprint density at radius 3 is 2.45 bits per heavy atom. The number of nitrogens with zero attached hydrogens (tertiary/aromatic N) is 2. The highest BCUT2D eigenvalue weighted by atomic mass is 32.2. The van der Waals surface area contributed by atoms with Gasteiger partial charge in [0, 0.05) is 32.2 Å². The summed E-state index contributed by atoms with van der Waals surface area (Å²) in [5, 5.41) is 2.75. The summed E-state index contributed by atoms with van der Waals surface area (Å²) in [6.45, 7) is 6.18. The summed E-state index contributed by atoms with van der Waals surface area (Å²) in [4.78, 5) is 11.5. The Bertz CT molecular complexity index is 482. The first kappa shape index (κ1) is 17.5. The molecule has 0 aromatic rings. The summed E-state index contributed by atoms with van der Waals surface area (Å²) in [6.07, 6.45) is 3.05. The molecule has 22 heavy (non-hydrogen) atoms. The van der Waals surface area contributed by atoms with Crippen LogP contribution in [-0.2, 0) is 14.9 Å². The highest BCUT2D eigenvalue weighted by molar-refractivity contribution is 7.86. The van der Waals surface area contributed by atoms with Gasteiger partial charge in [-0.05, 0) is 38.5 Å². The minimum Gasteiger partial charge on any atom is -0.450 e. The van der Waals surface area contributed by atoms with E-state index in [0.717, 1.165) is 25.7 Å². The van der Waals surface area contributed by atoms with Gasteiger partial charge in [-0.2, -0.15) is 17.0 Å². The molecule has 8 heteroatoms. The van der Waals surface area contributed by atoms with E-state index >= 15 is 0 Å². The van der Waals surface area contributed by atoms with Gasteiger partial charge in [0.1, 0.15) is 0 Å². The van der Waals surface area contributed by atoms with Crippen molar-refractivity contribution in [2.45, 2.75) is 45.6 Å². The lowest BCUT2D eigenvalue weighted by molar-refractivity contribution is 0.141. The fraction of sp³-hybridized carbons (Fsp3) is 0.929. The van der Waals surface area contributed by atoms with Gasteiger partial charge in [-0.15, -0.1) is 0 Å². The number of carbonyl (C=O) groups excluding carboxylic acids is 1. The first-order valence-corrected chi connectivity index (χ1v) is 9.51. The number of hydrogen-bond donors (Lipinski definition) is 1. The third-order valence-electron chi connectivity index (χ3n) is 4.25. The van der Waals surface area contributed by atoms with Gasteiger partial charge in [0.2, 0.25) is 0 Å². The molecule has 2 fully saturated rings. The van der Waals surface area contributed by atoms with Crippen LogP contribution in [0.25, 0.3) is 0 Å². The molecular formula is C14H27N3O4S. The molecule has 128 valence electrons. The molecule has 0 aromatic heterocycles. The van der Waals surface area contributed by atoms with Crippen molar-refractivity contribution in [1.82, 2.24) is 13.9 Å². The smallest absolute Gasteiger partial charge is 0.407 e. The van der Waals surface area contributed by atoms with Crippen molar-refractivity contribution < 1.29 is 17.9 Å². The fourth-order valence-corrected chi connectivity index (χ4v) is 4.99. The zero-order chi connectivity index (χ0) is 16.2. The molecule has 0 aromatic carbocycles. The van der Waals surface area contributed by atoms with E-state index in [4.69, 9.17) is 4.74 Å².